The molecule has 2 rings (SSSR count). The van der Waals surface area contributed by atoms with E-state index in [1.807, 2.05) is 0 Å². The predicted octanol–water partition coefficient (Wildman–Crippen LogP) is 1.75. The molecule has 0 bridgehead atoms. The summed E-state index contributed by atoms with van der Waals surface area (Å²) in [6.07, 6.45) is 3.20. The predicted molar refractivity (Wildman–Crippen MR) is 62.5 cm³/mol. The molecule has 6 heteroatoms. The molecule has 2 aromatic rings. The van der Waals surface area contributed by atoms with Crippen LogP contribution in [-0.4, -0.2) is 15.7 Å². The van der Waals surface area contributed by atoms with Crippen LogP contribution in [0.5, 0.6) is 0 Å². The van der Waals surface area contributed by atoms with Crippen molar-refractivity contribution in [3.63, 3.8) is 0 Å². The Morgan fingerprint density at radius 2 is 2.47 bits per heavy atom. The molecule has 0 spiro atoms. The second kappa shape index (κ2) is 5.05. The van der Waals surface area contributed by atoms with E-state index in [0.29, 0.717) is 23.0 Å². The van der Waals surface area contributed by atoms with Gasteiger partial charge >= 0.3 is 0 Å². The van der Waals surface area contributed by atoms with Gasteiger partial charge in [0.2, 0.25) is 5.91 Å². The summed E-state index contributed by atoms with van der Waals surface area (Å²) in [5, 5.41) is 7.38. The SMILES string of the molecule is Cc1nn(CC(=O)NCc2ccco2)cc1Cl. The first-order chi connectivity index (χ1) is 8.15. The fourth-order valence-corrected chi connectivity index (χ4v) is 1.53. The lowest BCUT2D eigenvalue weighted by Gasteiger charge is -2.03. The first-order valence-electron chi connectivity index (χ1n) is 5.14. The van der Waals surface area contributed by atoms with E-state index in [1.165, 1.54) is 4.68 Å². The highest BCUT2D eigenvalue weighted by atomic mass is 35.5. The van der Waals surface area contributed by atoms with Crippen LogP contribution in [0.15, 0.2) is 29.0 Å². The molecule has 0 aromatic carbocycles. The topological polar surface area (TPSA) is 60.1 Å². The number of amides is 1. The lowest BCUT2D eigenvalue weighted by Crippen LogP contribution is -2.27. The zero-order valence-corrected chi connectivity index (χ0v) is 10.1. The molecule has 90 valence electrons. The summed E-state index contributed by atoms with van der Waals surface area (Å²) < 4.78 is 6.61. The normalized spacial score (nSPS) is 10.5. The standard InChI is InChI=1S/C11H12ClN3O2/c1-8-10(12)6-15(14-8)7-11(16)13-5-9-3-2-4-17-9/h2-4,6H,5,7H2,1H3,(H,13,16). The molecule has 0 radical (unpaired) electrons. The van der Waals surface area contributed by atoms with Crippen molar-refractivity contribution in [3.8, 4) is 0 Å². The number of furan rings is 1. The summed E-state index contributed by atoms with van der Waals surface area (Å²) >= 11 is 5.84. The molecule has 0 aliphatic rings. The fraction of sp³-hybridized carbons (Fsp3) is 0.273. The van der Waals surface area contributed by atoms with E-state index in [0.717, 1.165) is 0 Å². The van der Waals surface area contributed by atoms with Gasteiger partial charge in [-0.3, -0.25) is 9.48 Å². The summed E-state index contributed by atoms with van der Waals surface area (Å²) in [5.74, 6) is 0.577. The lowest BCUT2D eigenvalue weighted by molar-refractivity contribution is -0.122. The van der Waals surface area contributed by atoms with Crippen molar-refractivity contribution in [2.45, 2.75) is 20.0 Å². The van der Waals surface area contributed by atoms with Crippen molar-refractivity contribution in [2.24, 2.45) is 0 Å². The minimum absolute atomic E-state index is 0.138. The molecular weight excluding hydrogens is 242 g/mol. The Morgan fingerprint density at radius 3 is 3.06 bits per heavy atom. The maximum Gasteiger partial charge on any atom is 0.242 e. The van der Waals surface area contributed by atoms with E-state index in [2.05, 4.69) is 10.4 Å². The molecule has 1 N–H and O–H groups in total. The van der Waals surface area contributed by atoms with Gasteiger partial charge in [-0.25, -0.2) is 0 Å². The third kappa shape index (κ3) is 3.10. The molecular formula is C11H12ClN3O2. The van der Waals surface area contributed by atoms with E-state index in [1.54, 1.807) is 31.5 Å². The Morgan fingerprint density at radius 1 is 1.65 bits per heavy atom. The Bertz CT molecular complexity index is 485. The van der Waals surface area contributed by atoms with Gasteiger partial charge in [-0.15, -0.1) is 0 Å². The summed E-state index contributed by atoms with van der Waals surface area (Å²) in [4.78, 5) is 11.6. The fourth-order valence-electron chi connectivity index (χ4n) is 1.38. The van der Waals surface area contributed by atoms with Crippen molar-refractivity contribution >= 4 is 17.5 Å². The van der Waals surface area contributed by atoms with Gasteiger partial charge in [-0.05, 0) is 19.1 Å². The van der Waals surface area contributed by atoms with Crippen LogP contribution < -0.4 is 5.32 Å². The van der Waals surface area contributed by atoms with Crippen LogP contribution in [0.3, 0.4) is 0 Å². The minimum Gasteiger partial charge on any atom is -0.467 e. The van der Waals surface area contributed by atoms with Crippen LogP contribution >= 0.6 is 11.6 Å². The quantitative estimate of drug-likeness (QED) is 0.903. The summed E-state index contributed by atoms with van der Waals surface area (Å²) in [6.45, 7) is 2.31. The van der Waals surface area contributed by atoms with Crippen LogP contribution in [-0.2, 0) is 17.9 Å². The highest BCUT2D eigenvalue weighted by molar-refractivity contribution is 6.31. The zero-order valence-electron chi connectivity index (χ0n) is 9.31. The van der Waals surface area contributed by atoms with Gasteiger partial charge in [-0.2, -0.15) is 5.10 Å². The van der Waals surface area contributed by atoms with Crippen LogP contribution in [0.2, 0.25) is 5.02 Å². The van der Waals surface area contributed by atoms with Gasteiger partial charge in [0, 0.05) is 6.20 Å². The summed E-state index contributed by atoms with van der Waals surface area (Å²) in [5.41, 5.74) is 0.713. The molecule has 0 unspecified atom stereocenters. The number of nitrogens with zero attached hydrogens (tertiary/aromatic N) is 2. The average molecular weight is 254 g/mol. The highest BCUT2D eigenvalue weighted by Crippen LogP contribution is 2.11. The first-order valence-corrected chi connectivity index (χ1v) is 5.51. The van der Waals surface area contributed by atoms with E-state index in [-0.39, 0.29) is 12.5 Å². The molecule has 0 saturated heterocycles. The second-order valence-corrected chi connectivity index (χ2v) is 4.02. The molecule has 0 aliphatic heterocycles. The number of aromatic nitrogens is 2. The van der Waals surface area contributed by atoms with Gasteiger partial charge in [0.25, 0.3) is 0 Å². The smallest absolute Gasteiger partial charge is 0.242 e. The Balaban J connectivity index is 1.85. The van der Waals surface area contributed by atoms with Crippen molar-refractivity contribution in [3.05, 3.63) is 41.1 Å². The first kappa shape index (κ1) is 11.7. The molecule has 17 heavy (non-hydrogen) atoms. The summed E-state index contributed by atoms with van der Waals surface area (Å²) in [6, 6.07) is 3.58. The third-order valence-corrected chi connectivity index (χ3v) is 2.60. The zero-order chi connectivity index (χ0) is 12.3. The van der Waals surface area contributed by atoms with Crippen LogP contribution in [0.1, 0.15) is 11.5 Å². The Labute approximate surface area is 103 Å². The van der Waals surface area contributed by atoms with Crippen LogP contribution in [0.4, 0.5) is 0 Å². The van der Waals surface area contributed by atoms with E-state index >= 15 is 0 Å². The van der Waals surface area contributed by atoms with Crippen LogP contribution in [0.25, 0.3) is 0 Å². The largest absolute Gasteiger partial charge is 0.467 e. The number of carbonyl (C=O) groups is 1. The summed E-state index contributed by atoms with van der Waals surface area (Å²) in [7, 11) is 0. The van der Waals surface area contributed by atoms with Gasteiger partial charge in [0.05, 0.1) is 23.5 Å². The average Bonchev–Trinajstić information content (AvgIpc) is 2.87. The van der Waals surface area contributed by atoms with Gasteiger partial charge in [0.1, 0.15) is 12.3 Å². The number of hydrogen-bond acceptors (Lipinski definition) is 3. The molecule has 1 amide bonds. The number of carbonyl (C=O) groups excluding carboxylic acids is 1. The van der Waals surface area contributed by atoms with Crippen molar-refractivity contribution in [1.29, 1.82) is 0 Å². The van der Waals surface area contributed by atoms with E-state index in [4.69, 9.17) is 16.0 Å². The monoisotopic (exact) mass is 253 g/mol. The van der Waals surface area contributed by atoms with Crippen molar-refractivity contribution in [1.82, 2.24) is 15.1 Å². The molecule has 5 nitrogen and oxygen atoms in total. The Kier molecular flexibility index (Phi) is 3.49. The molecule has 0 saturated carbocycles. The number of nitrogens with one attached hydrogen (secondary N) is 1. The lowest BCUT2D eigenvalue weighted by atomic mass is 10.4. The van der Waals surface area contributed by atoms with Crippen LogP contribution in [0, 0.1) is 6.92 Å². The van der Waals surface area contributed by atoms with Gasteiger partial charge in [0.15, 0.2) is 0 Å². The Hall–Kier alpha value is -1.75. The van der Waals surface area contributed by atoms with Gasteiger partial charge < -0.3 is 9.73 Å². The van der Waals surface area contributed by atoms with Crippen molar-refractivity contribution < 1.29 is 9.21 Å². The second-order valence-electron chi connectivity index (χ2n) is 3.62. The molecule has 2 aromatic heterocycles. The molecule has 0 aliphatic carbocycles. The maximum atomic E-state index is 11.6. The highest BCUT2D eigenvalue weighted by Gasteiger charge is 2.07. The van der Waals surface area contributed by atoms with Gasteiger partial charge in [-0.1, -0.05) is 11.6 Å². The molecule has 0 atom stereocenters. The minimum atomic E-state index is -0.138. The maximum absolute atomic E-state index is 11.6. The molecule has 2 heterocycles. The number of aryl methyl sites for hydroxylation is 1. The van der Waals surface area contributed by atoms with Crippen molar-refractivity contribution in [2.75, 3.05) is 0 Å². The molecule has 0 fully saturated rings. The number of halogens is 1. The number of hydrogen-bond donors (Lipinski definition) is 1. The van der Waals surface area contributed by atoms with E-state index < -0.39 is 0 Å². The number of rotatable bonds is 4. The van der Waals surface area contributed by atoms with E-state index in [9.17, 15) is 4.79 Å². The third-order valence-electron chi connectivity index (χ3n) is 2.23.